The standard InChI is InChI=1S/2C12H23N.CH2NO3P/c2*1-3-7-11(8-4-1)13-12-9-5-2-6-10-12;2-1-6(3,4)5/h2*11-13H,1-10H2;(H2,3,4,5). The Bertz CT molecular complexity index is 487. The summed E-state index contributed by atoms with van der Waals surface area (Å²) in [5, 5.41) is 15.1. The molecule has 0 atom stereocenters. The Morgan fingerprint density at radius 2 is 0.719 bits per heavy atom. The Hall–Kier alpha value is -0.440. The van der Waals surface area contributed by atoms with Crippen molar-refractivity contribution >= 4 is 7.60 Å². The molecular formula is C25H48N3O3P. The average Bonchev–Trinajstić information content (AvgIpc) is 2.82. The molecule has 0 aromatic rings. The van der Waals surface area contributed by atoms with E-state index in [0.717, 1.165) is 30.0 Å². The van der Waals surface area contributed by atoms with Gasteiger partial charge in [0, 0.05) is 24.2 Å². The molecule has 0 spiro atoms. The van der Waals surface area contributed by atoms with Crippen molar-refractivity contribution < 1.29 is 14.4 Å². The van der Waals surface area contributed by atoms with Gasteiger partial charge in [-0.25, -0.2) is 4.57 Å². The van der Waals surface area contributed by atoms with Crippen LogP contribution in [0.4, 0.5) is 0 Å². The van der Waals surface area contributed by atoms with Gasteiger partial charge in [0.2, 0.25) is 0 Å². The van der Waals surface area contributed by atoms with Crippen LogP contribution in [0.25, 0.3) is 0 Å². The van der Waals surface area contributed by atoms with Gasteiger partial charge in [-0.2, -0.15) is 5.26 Å². The first-order valence-corrected chi connectivity index (χ1v) is 15.1. The fraction of sp³-hybridized carbons (Fsp3) is 0.960. The van der Waals surface area contributed by atoms with Crippen LogP contribution in [0, 0.1) is 11.1 Å². The van der Waals surface area contributed by atoms with Crippen LogP contribution >= 0.6 is 7.60 Å². The third-order valence-electron chi connectivity index (χ3n) is 7.49. The van der Waals surface area contributed by atoms with E-state index in [1.807, 2.05) is 0 Å². The van der Waals surface area contributed by atoms with Crippen molar-refractivity contribution in [2.45, 2.75) is 153 Å². The van der Waals surface area contributed by atoms with E-state index in [9.17, 15) is 4.57 Å². The van der Waals surface area contributed by atoms with E-state index in [0.29, 0.717) is 0 Å². The normalized spacial score (nSPS) is 24.4. The van der Waals surface area contributed by atoms with Gasteiger partial charge in [-0.05, 0) is 51.4 Å². The minimum absolute atomic E-state index is 0.771. The molecule has 0 aromatic heterocycles. The highest BCUT2D eigenvalue weighted by Crippen LogP contribution is 2.31. The van der Waals surface area contributed by atoms with Gasteiger partial charge in [-0.1, -0.05) is 77.0 Å². The van der Waals surface area contributed by atoms with Crippen molar-refractivity contribution in [2.75, 3.05) is 0 Å². The summed E-state index contributed by atoms with van der Waals surface area (Å²) in [5.74, 6) is 0.771. The molecule has 0 saturated heterocycles. The van der Waals surface area contributed by atoms with Crippen LogP contribution in [0.2, 0.25) is 0 Å². The van der Waals surface area contributed by atoms with Crippen LogP contribution in [0.15, 0.2) is 0 Å². The molecule has 4 aliphatic rings. The van der Waals surface area contributed by atoms with Gasteiger partial charge in [0.05, 0.1) is 0 Å². The molecule has 0 heterocycles. The Morgan fingerprint density at radius 3 is 0.875 bits per heavy atom. The van der Waals surface area contributed by atoms with Crippen LogP contribution in [0.3, 0.4) is 0 Å². The van der Waals surface area contributed by atoms with E-state index in [1.54, 1.807) is 0 Å². The van der Waals surface area contributed by atoms with E-state index < -0.39 is 7.60 Å². The molecule has 6 nitrogen and oxygen atoms in total. The molecule has 4 rings (SSSR count). The third-order valence-corrected chi connectivity index (χ3v) is 7.75. The SMILES string of the molecule is C1CCC(NC2CCCCC2)CC1.C1CCC(NC2CCCCC2)CC1.N#CP(=O)(O)O. The second-order valence-corrected chi connectivity index (χ2v) is 11.6. The summed E-state index contributed by atoms with van der Waals surface area (Å²) in [7, 11) is -4.34. The van der Waals surface area contributed by atoms with Gasteiger partial charge < -0.3 is 20.4 Å². The minimum Gasteiger partial charge on any atom is -0.314 e. The van der Waals surface area contributed by atoms with E-state index in [4.69, 9.17) is 15.0 Å². The van der Waals surface area contributed by atoms with Crippen molar-refractivity contribution in [3.8, 4) is 5.81 Å². The van der Waals surface area contributed by atoms with E-state index >= 15 is 0 Å². The van der Waals surface area contributed by atoms with E-state index in [2.05, 4.69) is 10.6 Å². The molecule has 0 bridgehead atoms. The molecule has 4 aliphatic carbocycles. The summed E-state index contributed by atoms with van der Waals surface area (Å²) >= 11 is 0. The maximum Gasteiger partial charge on any atom is 0.426 e. The second-order valence-electron chi connectivity index (χ2n) is 10.3. The highest BCUT2D eigenvalue weighted by molar-refractivity contribution is 7.57. The first kappa shape index (κ1) is 27.8. The zero-order chi connectivity index (χ0) is 23.1. The lowest BCUT2D eigenvalue weighted by atomic mass is 9.91. The monoisotopic (exact) mass is 469 g/mol. The van der Waals surface area contributed by atoms with Crippen molar-refractivity contribution in [3.05, 3.63) is 0 Å². The van der Waals surface area contributed by atoms with Crippen LogP contribution in [0.5, 0.6) is 0 Å². The van der Waals surface area contributed by atoms with Crippen LogP contribution in [0.1, 0.15) is 128 Å². The summed E-state index contributed by atoms with van der Waals surface area (Å²) in [4.78, 5) is 15.2. The summed E-state index contributed by atoms with van der Waals surface area (Å²) < 4.78 is 9.33. The first-order chi connectivity index (χ1) is 15.5. The van der Waals surface area contributed by atoms with Gasteiger partial charge in [-0.3, -0.25) is 0 Å². The molecule has 0 aliphatic heterocycles. The first-order valence-electron chi connectivity index (χ1n) is 13.5. The smallest absolute Gasteiger partial charge is 0.314 e. The number of rotatable bonds is 4. The predicted octanol–water partition coefficient (Wildman–Crippen LogP) is 6.13. The summed E-state index contributed by atoms with van der Waals surface area (Å²) in [5.41, 5.74) is 0. The number of nitriles is 1. The van der Waals surface area contributed by atoms with Gasteiger partial charge >= 0.3 is 7.60 Å². The van der Waals surface area contributed by atoms with Crippen molar-refractivity contribution in [1.29, 1.82) is 5.26 Å². The quantitative estimate of drug-likeness (QED) is 0.369. The lowest BCUT2D eigenvalue weighted by Crippen LogP contribution is -2.40. The van der Waals surface area contributed by atoms with Crippen LogP contribution in [-0.2, 0) is 4.57 Å². The van der Waals surface area contributed by atoms with E-state index in [1.165, 1.54) is 128 Å². The molecule has 0 radical (unpaired) electrons. The Balaban J connectivity index is 0.000000183. The number of nitrogens with zero attached hydrogens (tertiary/aromatic N) is 1. The second kappa shape index (κ2) is 16.2. The lowest BCUT2D eigenvalue weighted by Gasteiger charge is -2.30. The van der Waals surface area contributed by atoms with Gasteiger partial charge in [-0.15, -0.1) is 0 Å². The average molecular weight is 470 g/mol. The van der Waals surface area contributed by atoms with Crippen LogP contribution < -0.4 is 10.6 Å². The maximum absolute atomic E-state index is 9.33. The number of nitrogens with one attached hydrogen (secondary N) is 2. The van der Waals surface area contributed by atoms with E-state index in [-0.39, 0.29) is 0 Å². The molecule has 0 aromatic carbocycles. The Kier molecular flexibility index (Phi) is 14.1. The third kappa shape index (κ3) is 13.3. The number of hydrogen-bond donors (Lipinski definition) is 4. The molecule has 0 amide bonds. The van der Waals surface area contributed by atoms with Gasteiger partial charge in [0.1, 0.15) is 0 Å². The fourth-order valence-corrected chi connectivity index (χ4v) is 5.74. The largest absolute Gasteiger partial charge is 0.426 e. The van der Waals surface area contributed by atoms with Crippen LogP contribution in [-0.4, -0.2) is 34.0 Å². The van der Waals surface area contributed by atoms with Crippen molar-refractivity contribution in [1.82, 2.24) is 10.6 Å². The summed E-state index contributed by atoms with van der Waals surface area (Å²) in [6.07, 6.45) is 29.1. The molecule has 7 heteroatoms. The highest BCUT2D eigenvalue weighted by atomic mass is 31.2. The Morgan fingerprint density at radius 1 is 0.531 bits per heavy atom. The highest BCUT2D eigenvalue weighted by Gasteiger charge is 2.20. The predicted molar refractivity (Wildman–Crippen MR) is 131 cm³/mol. The van der Waals surface area contributed by atoms with Crippen molar-refractivity contribution in [3.63, 3.8) is 0 Å². The van der Waals surface area contributed by atoms with Crippen molar-refractivity contribution in [2.24, 2.45) is 0 Å². The zero-order valence-electron chi connectivity index (χ0n) is 20.1. The van der Waals surface area contributed by atoms with Gasteiger partial charge in [0.25, 0.3) is 0 Å². The summed E-state index contributed by atoms with van der Waals surface area (Å²) in [6.45, 7) is 0. The topological polar surface area (TPSA) is 105 Å². The number of hydrogen-bond acceptors (Lipinski definition) is 4. The van der Waals surface area contributed by atoms with Gasteiger partial charge in [0.15, 0.2) is 5.81 Å². The molecule has 4 N–H and O–H groups in total. The molecule has 32 heavy (non-hydrogen) atoms. The molecule has 4 fully saturated rings. The molecule has 4 saturated carbocycles. The fourth-order valence-electron chi connectivity index (χ4n) is 5.74. The molecule has 186 valence electrons. The lowest BCUT2D eigenvalue weighted by molar-refractivity contribution is 0.291. The molecule has 0 unspecified atom stereocenters. The zero-order valence-corrected chi connectivity index (χ0v) is 21.0. The minimum atomic E-state index is -4.34. The summed E-state index contributed by atoms with van der Waals surface area (Å²) in [6, 6.07) is 3.49. The maximum atomic E-state index is 9.33. The molecular weight excluding hydrogens is 421 g/mol. The Labute approximate surface area is 196 Å².